The molecule has 0 bridgehead atoms. The van der Waals surface area contributed by atoms with E-state index in [1.807, 2.05) is 19.1 Å². The Balaban J connectivity index is 1.85. The fourth-order valence-corrected chi connectivity index (χ4v) is 3.60. The summed E-state index contributed by atoms with van der Waals surface area (Å²) < 4.78 is 5.79. The van der Waals surface area contributed by atoms with Gasteiger partial charge in [0, 0.05) is 0 Å². The van der Waals surface area contributed by atoms with Crippen molar-refractivity contribution in [2.24, 2.45) is 5.41 Å². The maximum atomic E-state index is 10.7. The van der Waals surface area contributed by atoms with Crippen LogP contribution in [0, 0.1) is 16.7 Å². The Morgan fingerprint density at radius 3 is 2.75 bits per heavy atom. The van der Waals surface area contributed by atoms with Crippen molar-refractivity contribution in [2.45, 2.75) is 57.3 Å². The van der Waals surface area contributed by atoms with Crippen LogP contribution in [0.25, 0.3) is 0 Å². The molecule has 1 aromatic rings. The van der Waals surface area contributed by atoms with Crippen molar-refractivity contribution < 1.29 is 9.84 Å². The molecule has 106 valence electrons. The second-order valence-corrected chi connectivity index (χ2v) is 6.22. The van der Waals surface area contributed by atoms with Crippen LogP contribution >= 0.6 is 0 Å². The predicted molar refractivity (Wildman–Crippen MR) is 76.1 cm³/mol. The summed E-state index contributed by atoms with van der Waals surface area (Å²) in [6.07, 6.45) is 3.36. The molecular formula is C17H21NO2. The van der Waals surface area contributed by atoms with E-state index in [2.05, 4.69) is 18.2 Å². The zero-order valence-corrected chi connectivity index (χ0v) is 11.9. The lowest BCUT2D eigenvalue weighted by atomic mass is 9.67. The molecule has 0 aromatic heterocycles. The van der Waals surface area contributed by atoms with E-state index in [9.17, 15) is 10.4 Å². The number of benzene rings is 1. The van der Waals surface area contributed by atoms with Gasteiger partial charge in [0.1, 0.15) is 0 Å². The van der Waals surface area contributed by atoms with Gasteiger partial charge in [0.25, 0.3) is 0 Å². The normalized spacial score (nSPS) is 34.2. The smallest absolute Gasteiger partial charge is 0.0991 e. The van der Waals surface area contributed by atoms with Crippen molar-refractivity contribution >= 4 is 0 Å². The van der Waals surface area contributed by atoms with Crippen molar-refractivity contribution in [1.82, 2.24) is 0 Å². The monoisotopic (exact) mass is 271 g/mol. The van der Waals surface area contributed by atoms with Crippen LogP contribution in [0.15, 0.2) is 24.3 Å². The highest BCUT2D eigenvalue weighted by molar-refractivity contribution is 5.33. The van der Waals surface area contributed by atoms with E-state index in [0.717, 1.165) is 25.7 Å². The molecule has 20 heavy (non-hydrogen) atoms. The van der Waals surface area contributed by atoms with Crippen molar-refractivity contribution in [3.63, 3.8) is 0 Å². The van der Waals surface area contributed by atoms with E-state index >= 15 is 0 Å². The van der Waals surface area contributed by atoms with Gasteiger partial charge in [-0.05, 0) is 50.2 Å². The molecule has 3 heteroatoms. The van der Waals surface area contributed by atoms with E-state index in [4.69, 9.17) is 4.74 Å². The first-order chi connectivity index (χ1) is 9.64. The van der Waals surface area contributed by atoms with Crippen LogP contribution in [-0.2, 0) is 17.6 Å². The highest BCUT2D eigenvalue weighted by Crippen LogP contribution is 2.41. The van der Waals surface area contributed by atoms with Gasteiger partial charge in [-0.3, -0.25) is 0 Å². The number of ether oxygens (including phenoxy) is 1. The Morgan fingerprint density at radius 1 is 1.35 bits per heavy atom. The summed E-state index contributed by atoms with van der Waals surface area (Å²) >= 11 is 0. The Hall–Kier alpha value is -1.37. The van der Waals surface area contributed by atoms with E-state index in [1.165, 1.54) is 11.1 Å². The minimum atomic E-state index is -0.691. The average molecular weight is 271 g/mol. The lowest BCUT2D eigenvalue weighted by Gasteiger charge is -2.38. The minimum Gasteiger partial charge on any atom is -0.389 e. The van der Waals surface area contributed by atoms with Crippen molar-refractivity contribution in [3.8, 4) is 6.07 Å². The molecule has 1 aromatic carbocycles. The Labute approximate surface area is 120 Å². The summed E-state index contributed by atoms with van der Waals surface area (Å²) in [5.41, 5.74) is 1.82. The summed E-state index contributed by atoms with van der Waals surface area (Å²) in [6.45, 7) is 2.03. The Morgan fingerprint density at radius 2 is 2.10 bits per heavy atom. The zero-order chi connectivity index (χ0) is 14.2. The van der Waals surface area contributed by atoms with Crippen LogP contribution in [0.5, 0.6) is 0 Å². The highest BCUT2D eigenvalue weighted by Gasteiger charge is 2.46. The first-order valence-electron chi connectivity index (χ1n) is 7.46. The molecule has 0 saturated carbocycles. The molecule has 3 nitrogen and oxygen atoms in total. The summed E-state index contributed by atoms with van der Waals surface area (Å²) in [6, 6.07) is 10.7. The molecule has 1 N–H and O–H groups in total. The van der Waals surface area contributed by atoms with Gasteiger partial charge in [0.2, 0.25) is 0 Å². The van der Waals surface area contributed by atoms with Gasteiger partial charge in [0.05, 0.1) is 29.8 Å². The van der Waals surface area contributed by atoms with Gasteiger partial charge in [-0.1, -0.05) is 24.3 Å². The second-order valence-electron chi connectivity index (χ2n) is 6.22. The third kappa shape index (κ3) is 2.24. The molecule has 0 radical (unpaired) electrons. The van der Waals surface area contributed by atoms with E-state index in [-0.39, 0.29) is 12.2 Å². The molecule has 1 aliphatic carbocycles. The molecule has 1 fully saturated rings. The summed E-state index contributed by atoms with van der Waals surface area (Å²) in [4.78, 5) is 0. The quantitative estimate of drug-likeness (QED) is 0.899. The van der Waals surface area contributed by atoms with Crippen LogP contribution in [0.4, 0.5) is 0 Å². The van der Waals surface area contributed by atoms with Gasteiger partial charge in [-0.2, -0.15) is 5.26 Å². The third-order valence-corrected chi connectivity index (χ3v) is 4.87. The molecule has 2 aliphatic rings. The Bertz CT molecular complexity index is 536. The predicted octanol–water partition coefficient (Wildman–Crippen LogP) is 2.61. The van der Waals surface area contributed by atoms with Gasteiger partial charge < -0.3 is 9.84 Å². The van der Waals surface area contributed by atoms with Crippen LogP contribution in [0.3, 0.4) is 0 Å². The van der Waals surface area contributed by atoms with Crippen molar-refractivity contribution in [3.05, 3.63) is 35.4 Å². The summed E-state index contributed by atoms with van der Waals surface area (Å²) in [7, 11) is 0. The minimum absolute atomic E-state index is 0.185. The Kier molecular flexibility index (Phi) is 3.54. The number of fused-ring (bicyclic) bond motifs is 1. The first-order valence-corrected chi connectivity index (χ1v) is 7.46. The lowest BCUT2D eigenvalue weighted by Crippen LogP contribution is -2.46. The van der Waals surface area contributed by atoms with E-state index in [1.54, 1.807) is 0 Å². The zero-order valence-electron chi connectivity index (χ0n) is 11.9. The standard InChI is InChI=1S/C17H21NO2/c1-12-6-7-15(20-12)16(19)17(11-18)9-8-13-4-2-3-5-14(13)10-17/h2-5,12,15-16,19H,6-10H2,1H3. The maximum Gasteiger partial charge on any atom is 0.0991 e. The molecule has 4 atom stereocenters. The van der Waals surface area contributed by atoms with Crippen LogP contribution in [-0.4, -0.2) is 23.4 Å². The highest BCUT2D eigenvalue weighted by atomic mass is 16.5. The molecule has 1 saturated heterocycles. The SMILES string of the molecule is CC1CCC(C(O)C2(C#N)CCc3ccccc3C2)O1. The van der Waals surface area contributed by atoms with E-state index < -0.39 is 11.5 Å². The van der Waals surface area contributed by atoms with Crippen LogP contribution in [0.1, 0.15) is 37.3 Å². The lowest BCUT2D eigenvalue weighted by molar-refractivity contribution is -0.0756. The van der Waals surface area contributed by atoms with Gasteiger partial charge in [-0.15, -0.1) is 0 Å². The number of hydrogen-bond donors (Lipinski definition) is 1. The van der Waals surface area contributed by atoms with Gasteiger partial charge >= 0.3 is 0 Å². The number of nitriles is 1. The molecular weight excluding hydrogens is 250 g/mol. The molecule has 3 rings (SSSR count). The fraction of sp³-hybridized carbons (Fsp3) is 0.588. The van der Waals surface area contributed by atoms with Crippen LogP contribution < -0.4 is 0 Å². The van der Waals surface area contributed by atoms with Gasteiger partial charge in [-0.25, -0.2) is 0 Å². The van der Waals surface area contributed by atoms with Crippen LogP contribution in [0.2, 0.25) is 0 Å². The van der Waals surface area contributed by atoms with Crippen molar-refractivity contribution in [2.75, 3.05) is 0 Å². The number of aliphatic hydroxyl groups excluding tert-OH is 1. The maximum absolute atomic E-state index is 10.7. The average Bonchev–Trinajstić information content (AvgIpc) is 2.92. The second kappa shape index (κ2) is 5.20. The van der Waals surface area contributed by atoms with E-state index in [0.29, 0.717) is 6.42 Å². The molecule has 0 spiro atoms. The molecule has 1 heterocycles. The first kappa shape index (κ1) is 13.6. The number of aliphatic hydroxyl groups is 1. The molecule has 0 amide bonds. The topological polar surface area (TPSA) is 53.2 Å². The summed E-state index contributed by atoms with van der Waals surface area (Å²) in [5, 5.41) is 20.4. The van der Waals surface area contributed by atoms with Crippen molar-refractivity contribution in [1.29, 1.82) is 5.26 Å². The summed E-state index contributed by atoms with van der Waals surface area (Å²) in [5.74, 6) is 0. The third-order valence-electron chi connectivity index (χ3n) is 4.87. The molecule has 4 unspecified atom stereocenters. The molecule has 1 aliphatic heterocycles. The number of aryl methyl sites for hydroxylation is 1. The number of nitrogens with zero attached hydrogens (tertiary/aromatic N) is 1. The largest absolute Gasteiger partial charge is 0.389 e. The number of hydrogen-bond acceptors (Lipinski definition) is 3. The fourth-order valence-electron chi connectivity index (χ4n) is 3.60. The van der Waals surface area contributed by atoms with Gasteiger partial charge in [0.15, 0.2) is 0 Å². The number of rotatable bonds is 2.